The number of methoxy groups -OCH3 is 1. The first-order valence-electron chi connectivity index (χ1n) is 5.91. The van der Waals surface area contributed by atoms with E-state index in [1.54, 1.807) is 12.3 Å². The third-order valence-corrected chi connectivity index (χ3v) is 7.57. The van der Waals surface area contributed by atoms with E-state index < -0.39 is 9.84 Å². The summed E-state index contributed by atoms with van der Waals surface area (Å²) in [7, 11) is -2.25. The molecule has 0 fully saturated rings. The molecule has 1 heterocycles. The average Bonchev–Trinajstić information content (AvgIpc) is 2.91. The van der Waals surface area contributed by atoms with Crippen LogP contribution in [0.3, 0.4) is 0 Å². The number of thiophene rings is 1. The van der Waals surface area contributed by atoms with Gasteiger partial charge >= 0.3 is 0 Å². The van der Waals surface area contributed by atoms with Crippen LogP contribution >= 0.6 is 51.4 Å². The molecule has 3 N–H and O–H groups in total. The number of nitrogens with two attached hydrogens (primary N) is 1. The number of sulfone groups is 1. The van der Waals surface area contributed by atoms with Crippen molar-refractivity contribution < 1.29 is 13.2 Å². The van der Waals surface area contributed by atoms with Crippen molar-refractivity contribution in [2.24, 2.45) is 5.73 Å². The fourth-order valence-corrected chi connectivity index (χ4v) is 6.30. The minimum Gasteiger partial charge on any atom is -0.497 e. The number of rotatable bonds is 5. The highest BCUT2D eigenvalue weighted by Gasteiger charge is 2.25. The fourth-order valence-electron chi connectivity index (χ4n) is 1.76. The van der Waals surface area contributed by atoms with Crippen LogP contribution in [0.25, 0.3) is 0 Å². The number of nitrogen functional groups attached to an aromatic ring is 1. The van der Waals surface area contributed by atoms with Gasteiger partial charge in [-0.25, -0.2) is 8.42 Å². The molecule has 0 saturated carbocycles. The Bertz CT molecular complexity index is 837. The summed E-state index contributed by atoms with van der Waals surface area (Å²) in [6.07, 6.45) is 1.79. The summed E-state index contributed by atoms with van der Waals surface area (Å²) in [6.45, 7) is 0. The van der Waals surface area contributed by atoms with Gasteiger partial charge in [-0.2, -0.15) is 0 Å². The van der Waals surface area contributed by atoms with E-state index in [2.05, 4.69) is 15.9 Å². The minimum atomic E-state index is -3.72. The first-order valence-corrected chi connectivity index (χ1v) is 10.2. The summed E-state index contributed by atoms with van der Waals surface area (Å²) in [5, 5.41) is 7.48. The zero-order chi connectivity index (χ0) is 16.5. The van der Waals surface area contributed by atoms with Crippen LogP contribution in [0.4, 0.5) is 0 Å². The van der Waals surface area contributed by atoms with Crippen molar-refractivity contribution in [2.45, 2.75) is 14.0 Å². The molecule has 2 rings (SSSR count). The molecule has 0 aliphatic carbocycles. The summed E-state index contributed by atoms with van der Waals surface area (Å²) in [5.74, 6) is 0.300. The van der Waals surface area contributed by atoms with E-state index in [4.69, 9.17) is 15.9 Å². The van der Waals surface area contributed by atoms with Crippen molar-refractivity contribution >= 4 is 67.1 Å². The van der Waals surface area contributed by atoms with Crippen molar-refractivity contribution in [3.63, 3.8) is 0 Å². The van der Waals surface area contributed by atoms with Gasteiger partial charge < -0.3 is 10.5 Å². The summed E-state index contributed by atoms with van der Waals surface area (Å²) in [5.41, 5.74) is 5.46. The fraction of sp³-hybridized carbons (Fsp3) is 0.154. The van der Waals surface area contributed by atoms with Gasteiger partial charge in [0, 0.05) is 4.47 Å². The summed E-state index contributed by atoms with van der Waals surface area (Å²) < 4.78 is 32.1. The number of benzene rings is 1. The number of halogens is 2. The smallest absolute Gasteiger partial charge is 0.208 e. The largest absolute Gasteiger partial charge is 0.497 e. The molecule has 0 atom stereocenters. The van der Waals surface area contributed by atoms with Gasteiger partial charge in [-0.1, -0.05) is 15.9 Å². The molecule has 10 heteroatoms. The van der Waals surface area contributed by atoms with Crippen molar-refractivity contribution in [1.29, 1.82) is 5.41 Å². The van der Waals surface area contributed by atoms with Gasteiger partial charge in [-0.3, -0.25) is 5.41 Å². The molecule has 0 spiro atoms. The van der Waals surface area contributed by atoms with E-state index in [9.17, 15) is 8.42 Å². The lowest BCUT2D eigenvalue weighted by molar-refractivity contribution is 0.413. The Kier molecular flexibility index (Phi) is 6.96. The molecule has 0 bridgehead atoms. The first-order chi connectivity index (χ1) is 10.3. The van der Waals surface area contributed by atoms with Gasteiger partial charge in [0.1, 0.15) is 11.6 Å². The van der Waals surface area contributed by atoms with Gasteiger partial charge in [-0.05, 0) is 30.5 Å². The summed E-state index contributed by atoms with van der Waals surface area (Å²) >= 11 is 5.79. The summed E-state index contributed by atoms with van der Waals surface area (Å²) in [6, 6.07) is 6.12. The van der Waals surface area contributed by atoms with E-state index >= 15 is 0 Å². The highest BCUT2D eigenvalue weighted by atomic mass is 79.9. The van der Waals surface area contributed by atoms with Gasteiger partial charge in [-0.15, -0.1) is 35.5 Å². The molecular formula is C13H14BrClN2O3S3. The molecule has 126 valence electrons. The second-order valence-electron chi connectivity index (χ2n) is 4.21. The predicted molar refractivity (Wildman–Crippen MR) is 101 cm³/mol. The van der Waals surface area contributed by atoms with Crippen LogP contribution in [0.15, 0.2) is 42.7 Å². The van der Waals surface area contributed by atoms with Gasteiger partial charge in [0.25, 0.3) is 0 Å². The standard InChI is InChI=1S/C13H13BrN2O3S3.ClH/c1-19-8-3-7(14)4-9(5-8)22(17,18)11-6-10(12(15)16)21-13(11)20-2;/h3-6H,1-2H3,(H3,15,16);1H. The highest BCUT2D eigenvalue weighted by Crippen LogP contribution is 2.38. The number of nitrogens with one attached hydrogen (secondary N) is 1. The van der Waals surface area contributed by atoms with Crippen molar-refractivity contribution in [3.8, 4) is 5.75 Å². The monoisotopic (exact) mass is 456 g/mol. The van der Waals surface area contributed by atoms with Crippen molar-refractivity contribution in [2.75, 3.05) is 13.4 Å². The summed E-state index contributed by atoms with van der Waals surface area (Å²) in [4.78, 5) is 0.724. The maximum absolute atomic E-state index is 12.9. The van der Waals surface area contributed by atoms with Crippen LogP contribution < -0.4 is 10.5 Å². The first kappa shape index (κ1) is 20.3. The Morgan fingerprint density at radius 2 is 2.00 bits per heavy atom. The second-order valence-corrected chi connectivity index (χ2v) is 9.17. The zero-order valence-corrected chi connectivity index (χ0v) is 17.0. The molecule has 0 aliphatic rings. The lowest BCUT2D eigenvalue weighted by atomic mass is 10.3. The molecule has 0 amide bonds. The SMILES string of the molecule is COc1cc(Br)cc(S(=O)(=O)c2cc(C(=N)N)sc2SC)c1.Cl. The Morgan fingerprint density at radius 1 is 1.35 bits per heavy atom. The molecule has 0 radical (unpaired) electrons. The number of hydrogen-bond acceptors (Lipinski definition) is 6. The minimum absolute atomic E-state index is 0. The highest BCUT2D eigenvalue weighted by molar-refractivity contribution is 9.10. The van der Waals surface area contributed by atoms with Gasteiger partial charge in [0.2, 0.25) is 9.84 Å². The van der Waals surface area contributed by atoms with Crippen LogP contribution in [-0.2, 0) is 9.84 Å². The molecule has 0 saturated heterocycles. The topological polar surface area (TPSA) is 93.2 Å². The van der Waals surface area contributed by atoms with Gasteiger partial charge in [0.15, 0.2) is 0 Å². The molecule has 0 aliphatic heterocycles. The molecule has 0 unspecified atom stereocenters. The maximum Gasteiger partial charge on any atom is 0.208 e. The van der Waals surface area contributed by atoms with E-state index in [0.717, 1.165) is 0 Å². The van der Waals surface area contributed by atoms with Crippen molar-refractivity contribution in [3.05, 3.63) is 33.6 Å². The van der Waals surface area contributed by atoms with Crippen LogP contribution in [-0.4, -0.2) is 27.6 Å². The van der Waals surface area contributed by atoms with Crippen LogP contribution in [0.2, 0.25) is 0 Å². The van der Waals surface area contributed by atoms with E-state index in [1.807, 2.05) is 0 Å². The average molecular weight is 458 g/mol. The third kappa shape index (κ3) is 4.21. The molecule has 5 nitrogen and oxygen atoms in total. The number of ether oxygens (including phenoxy) is 1. The van der Waals surface area contributed by atoms with Crippen LogP contribution in [0.5, 0.6) is 5.75 Å². The predicted octanol–water partition coefficient (Wildman–Crippen LogP) is 3.78. The van der Waals surface area contributed by atoms with Crippen LogP contribution in [0, 0.1) is 5.41 Å². The Morgan fingerprint density at radius 3 is 2.52 bits per heavy atom. The second kappa shape index (κ2) is 7.89. The zero-order valence-electron chi connectivity index (χ0n) is 12.1. The normalized spacial score (nSPS) is 10.9. The lowest BCUT2D eigenvalue weighted by Crippen LogP contribution is -2.08. The Balaban J connectivity index is 0.00000264. The third-order valence-electron chi connectivity index (χ3n) is 2.80. The Hall–Kier alpha value is -0.740. The number of amidine groups is 1. The number of thioether (sulfide) groups is 1. The quantitative estimate of drug-likeness (QED) is 0.405. The lowest BCUT2D eigenvalue weighted by Gasteiger charge is -2.07. The maximum atomic E-state index is 12.9. The Labute approximate surface area is 157 Å². The van der Waals surface area contributed by atoms with E-state index in [-0.39, 0.29) is 28.0 Å². The molecule has 1 aromatic carbocycles. The van der Waals surface area contributed by atoms with E-state index in [1.165, 1.54) is 48.4 Å². The van der Waals surface area contributed by atoms with Crippen molar-refractivity contribution in [1.82, 2.24) is 0 Å². The van der Waals surface area contributed by atoms with Gasteiger partial charge in [0.05, 0.1) is 26.0 Å². The molecule has 1 aromatic heterocycles. The van der Waals surface area contributed by atoms with Crippen LogP contribution in [0.1, 0.15) is 4.88 Å². The molecule has 23 heavy (non-hydrogen) atoms. The molecular weight excluding hydrogens is 444 g/mol. The van der Waals surface area contributed by atoms with E-state index in [0.29, 0.717) is 19.3 Å². The number of hydrogen-bond donors (Lipinski definition) is 2. The molecule has 2 aromatic rings.